The van der Waals surface area contributed by atoms with Crippen LogP contribution in [0.3, 0.4) is 0 Å². The molecule has 0 saturated carbocycles. The molecule has 0 saturated heterocycles. The van der Waals surface area contributed by atoms with Crippen LogP contribution < -0.4 is 11.1 Å². The molecule has 0 bridgehead atoms. The van der Waals surface area contributed by atoms with Crippen LogP contribution in [-0.4, -0.2) is 21.8 Å². The first-order valence-corrected chi connectivity index (χ1v) is 8.50. The maximum absolute atomic E-state index is 12.2. The number of anilines is 1. The molecule has 2 heterocycles. The second kappa shape index (κ2) is 6.50. The number of nitrogens with one attached hydrogen (secondary N) is 2. The van der Waals surface area contributed by atoms with Gasteiger partial charge in [0.05, 0.1) is 5.69 Å². The lowest BCUT2D eigenvalue weighted by atomic mass is 10.2. The first-order chi connectivity index (χ1) is 11.0. The zero-order valence-corrected chi connectivity index (χ0v) is 14.6. The zero-order chi connectivity index (χ0) is 16.4. The molecule has 23 heavy (non-hydrogen) atoms. The average Bonchev–Trinajstić information content (AvgIpc) is 3.15. The molecule has 3 rings (SSSR count). The summed E-state index contributed by atoms with van der Waals surface area (Å²) in [5, 5.41) is 5.06. The first-order valence-electron chi connectivity index (χ1n) is 6.54. The van der Waals surface area contributed by atoms with Gasteiger partial charge in [0.25, 0.3) is 11.8 Å². The number of thiazole rings is 1. The maximum atomic E-state index is 12.2. The minimum absolute atomic E-state index is 0.212. The van der Waals surface area contributed by atoms with E-state index in [0.29, 0.717) is 22.1 Å². The predicted octanol–water partition coefficient (Wildman–Crippen LogP) is 3.09. The topological polar surface area (TPSA) is 101 Å². The highest BCUT2D eigenvalue weighted by atomic mass is 127. The molecule has 0 aliphatic heterocycles. The molecule has 3 aromatic rings. The lowest BCUT2D eigenvalue weighted by Crippen LogP contribution is -2.11. The van der Waals surface area contributed by atoms with Gasteiger partial charge in [-0.15, -0.1) is 11.3 Å². The molecule has 2 aromatic heterocycles. The standard InChI is InChI=1S/C15H11IN4O2S/c16-10-3-1-2-8(4-10)14(22)20-15-19-12(7-23-15)9-5-11(13(17)21)18-6-9/h1-7,18H,(H2,17,21)(H,19,20,22). The Balaban J connectivity index is 1.76. The summed E-state index contributed by atoms with van der Waals surface area (Å²) in [6.07, 6.45) is 1.65. The number of amides is 2. The normalized spacial score (nSPS) is 10.5. The van der Waals surface area contributed by atoms with E-state index in [9.17, 15) is 9.59 Å². The highest BCUT2D eigenvalue weighted by molar-refractivity contribution is 14.1. The summed E-state index contributed by atoms with van der Waals surface area (Å²) >= 11 is 3.47. The van der Waals surface area contributed by atoms with Crippen LogP contribution in [0.15, 0.2) is 41.9 Å². The van der Waals surface area contributed by atoms with Gasteiger partial charge >= 0.3 is 0 Å². The fraction of sp³-hybridized carbons (Fsp3) is 0. The number of aromatic amines is 1. The van der Waals surface area contributed by atoms with Crippen molar-refractivity contribution in [2.75, 3.05) is 5.32 Å². The number of H-pyrrole nitrogens is 1. The minimum Gasteiger partial charge on any atom is -0.364 e. The summed E-state index contributed by atoms with van der Waals surface area (Å²) in [5.41, 5.74) is 7.50. The Morgan fingerprint density at radius 2 is 2.13 bits per heavy atom. The van der Waals surface area contributed by atoms with Gasteiger partial charge in [-0.3, -0.25) is 14.9 Å². The van der Waals surface area contributed by atoms with Gasteiger partial charge in [-0.05, 0) is 46.9 Å². The Morgan fingerprint density at radius 1 is 1.30 bits per heavy atom. The second-order valence-corrected chi connectivity index (χ2v) is 6.77. The summed E-state index contributed by atoms with van der Waals surface area (Å²) in [6, 6.07) is 8.92. The summed E-state index contributed by atoms with van der Waals surface area (Å²) in [5.74, 6) is -0.741. The van der Waals surface area contributed by atoms with Crippen LogP contribution in [0.5, 0.6) is 0 Å². The molecule has 0 unspecified atom stereocenters. The number of hydrogen-bond donors (Lipinski definition) is 3. The fourth-order valence-electron chi connectivity index (χ4n) is 1.95. The third-order valence-corrected chi connectivity index (χ3v) is 4.48. The van der Waals surface area contributed by atoms with E-state index >= 15 is 0 Å². The van der Waals surface area contributed by atoms with Gasteiger partial charge in [0.15, 0.2) is 5.13 Å². The van der Waals surface area contributed by atoms with E-state index < -0.39 is 5.91 Å². The molecule has 6 nitrogen and oxygen atoms in total. The van der Waals surface area contributed by atoms with E-state index in [2.05, 4.69) is 37.9 Å². The molecular formula is C15H11IN4O2S. The molecule has 4 N–H and O–H groups in total. The van der Waals surface area contributed by atoms with Gasteiger partial charge in [0, 0.05) is 26.3 Å². The number of nitrogens with two attached hydrogens (primary N) is 1. The maximum Gasteiger partial charge on any atom is 0.265 e. The van der Waals surface area contributed by atoms with Crippen molar-refractivity contribution in [1.29, 1.82) is 0 Å². The average molecular weight is 438 g/mol. The summed E-state index contributed by atoms with van der Waals surface area (Å²) < 4.78 is 0.987. The van der Waals surface area contributed by atoms with Crippen molar-refractivity contribution in [2.24, 2.45) is 5.73 Å². The fourth-order valence-corrected chi connectivity index (χ4v) is 3.21. The van der Waals surface area contributed by atoms with Gasteiger partial charge < -0.3 is 10.7 Å². The van der Waals surface area contributed by atoms with Crippen molar-refractivity contribution in [3.05, 3.63) is 56.7 Å². The van der Waals surface area contributed by atoms with Crippen LogP contribution in [0.25, 0.3) is 11.3 Å². The number of hydrogen-bond acceptors (Lipinski definition) is 4. The van der Waals surface area contributed by atoms with Gasteiger partial charge in [0.1, 0.15) is 5.69 Å². The van der Waals surface area contributed by atoms with Gasteiger partial charge in [-0.2, -0.15) is 0 Å². The highest BCUT2D eigenvalue weighted by Crippen LogP contribution is 2.25. The number of benzene rings is 1. The Kier molecular flexibility index (Phi) is 4.44. The number of primary amides is 1. The van der Waals surface area contributed by atoms with E-state index in [1.54, 1.807) is 29.8 Å². The van der Waals surface area contributed by atoms with Gasteiger partial charge in [-0.25, -0.2) is 4.98 Å². The number of carbonyl (C=O) groups excluding carboxylic acids is 2. The minimum atomic E-state index is -0.529. The van der Waals surface area contributed by atoms with E-state index in [-0.39, 0.29) is 5.91 Å². The third kappa shape index (κ3) is 3.59. The monoisotopic (exact) mass is 438 g/mol. The second-order valence-electron chi connectivity index (χ2n) is 4.67. The van der Waals surface area contributed by atoms with Crippen LogP contribution in [-0.2, 0) is 0 Å². The lowest BCUT2D eigenvalue weighted by molar-refractivity contribution is 0.0994. The predicted molar refractivity (Wildman–Crippen MR) is 97.5 cm³/mol. The number of rotatable bonds is 4. The molecule has 0 aliphatic carbocycles. The number of aromatic nitrogens is 2. The SMILES string of the molecule is NC(=O)c1cc(-c2csc(NC(=O)c3cccc(I)c3)n2)c[nH]1. The molecule has 8 heteroatoms. The molecule has 0 spiro atoms. The van der Waals surface area contributed by atoms with E-state index in [1.165, 1.54) is 11.3 Å². The molecule has 0 atom stereocenters. The lowest BCUT2D eigenvalue weighted by Gasteiger charge is -2.01. The molecule has 2 amide bonds. The largest absolute Gasteiger partial charge is 0.364 e. The third-order valence-electron chi connectivity index (χ3n) is 3.06. The van der Waals surface area contributed by atoms with E-state index in [4.69, 9.17) is 5.73 Å². The number of halogens is 1. The molecule has 0 fully saturated rings. The molecule has 1 aromatic carbocycles. The molecule has 116 valence electrons. The Labute approximate surface area is 149 Å². The van der Waals surface area contributed by atoms with Crippen molar-refractivity contribution < 1.29 is 9.59 Å². The van der Waals surface area contributed by atoms with Gasteiger partial charge in [-0.1, -0.05) is 6.07 Å². The van der Waals surface area contributed by atoms with Crippen LogP contribution in [0.2, 0.25) is 0 Å². The molecule has 0 radical (unpaired) electrons. The summed E-state index contributed by atoms with van der Waals surface area (Å²) in [6.45, 7) is 0. The number of nitrogens with zero attached hydrogens (tertiary/aromatic N) is 1. The first kappa shape index (κ1) is 15.7. The van der Waals surface area contributed by atoms with Crippen molar-refractivity contribution in [2.45, 2.75) is 0 Å². The smallest absolute Gasteiger partial charge is 0.265 e. The molecule has 0 aliphatic rings. The Hall–Kier alpha value is -2.20. The Bertz CT molecular complexity index is 887. The van der Waals surface area contributed by atoms with Crippen molar-refractivity contribution in [3.8, 4) is 11.3 Å². The van der Waals surface area contributed by atoms with Crippen molar-refractivity contribution >= 4 is 50.9 Å². The van der Waals surface area contributed by atoms with Crippen LogP contribution in [0.4, 0.5) is 5.13 Å². The van der Waals surface area contributed by atoms with Crippen LogP contribution in [0, 0.1) is 3.57 Å². The highest BCUT2D eigenvalue weighted by Gasteiger charge is 2.12. The summed E-state index contributed by atoms with van der Waals surface area (Å²) in [4.78, 5) is 30.4. The van der Waals surface area contributed by atoms with Crippen molar-refractivity contribution in [1.82, 2.24) is 9.97 Å². The van der Waals surface area contributed by atoms with Crippen LogP contribution >= 0.6 is 33.9 Å². The zero-order valence-electron chi connectivity index (χ0n) is 11.7. The molecular weight excluding hydrogens is 427 g/mol. The van der Waals surface area contributed by atoms with E-state index in [1.807, 2.05) is 12.1 Å². The Morgan fingerprint density at radius 3 is 2.83 bits per heavy atom. The summed E-state index contributed by atoms with van der Waals surface area (Å²) in [7, 11) is 0. The van der Waals surface area contributed by atoms with E-state index in [0.717, 1.165) is 9.13 Å². The van der Waals surface area contributed by atoms with Gasteiger partial charge in [0.2, 0.25) is 0 Å². The van der Waals surface area contributed by atoms with Crippen LogP contribution in [0.1, 0.15) is 20.8 Å². The van der Waals surface area contributed by atoms with Crippen molar-refractivity contribution in [3.63, 3.8) is 0 Å². The number of carbonyl (C=O) groups is 2. The quantitative estimate of drug-likeness (QED) is 0.546.